The number of hydrogen-bond acceptors (Lipinski definition) is 2. The molecule has 3 heteroatoms. The summed E-state index contributed by atoms with van der Waals surface area (Å²) in [4.78, 5) is 2.55. The lowest BCUT2D eigenvalue weighted by molar-refractivity contribution is 0.260. The van der Waals surface area contributed by atoms with Gasteiger partial charge in [0.15, 0.2) is 0 Å². The smallest absolute Gasteiger partial charge is 0.0105 e. The Kier molecular flexibility index (Phi) is 3.50. The van der Waals surface area contributed by atoms with Crippen LogP contribution in [0.15, 0.2) is 0 Å². The van der Waals surface area contributed by atoms with Gasteiger partial charge in [0.25, 0.3) is 0 Å². The fourth-order valence-corrected chi connectivity index (χ4v) is 3.78. The Morgan fingerprint density at radius 3 is 2.93 bits per heavy atom. The number of nitrogens with zero attached hydrogens (tertiary/aromatic N) is 1. The molecule has 0 aromatic carbocycles. The van der Waals surface area contributed by atoms with Crippen LogP contribution in [-0.4, -0.2) is 36.4 Å². The van der Waals surface area contributed by atoms with E-state index in [2.05, 4.69) is 20.8 Å². The Labute approximate surface area is 95.3 Å². The fourth-order valence-electron chi connectivity index (χ4n) is 3.23. The summed E-state index contributed by atoms with van der Waals surface area (Å²) in [5, 5.41) is 1.20. The topological polar surface area (TPSA) is 29.3 Å². The monoisotopic (exact) mass is 260 g/mol. The van der Waals surface area contributed by atoms with Crippen LogP contribution in [0.3, 0.4) is 0 Å². The maximum Gasteiger partial charge on any atom is 0.0105 e. The van der Waals surface area contributed by atoms with E-state index >= 15 is 0 Å². The SMILES string of the molecule is NCCN1CCC2(CCC(CBr)C2)C1. The molecule has 1 heterocycles. The molecule has 1 aliphatic heterocycles. The van der Waals surface area contributed by atoms with E-state index in [9.17, 15) is 0 Å². The minimum atomic E-state index is 0.674. The minimum Gasteiger partial charge on any atom is -0.329 e. The van der Waals surface area contributed by atoms with Gasteiger partial charge in [0.05, 0.1) is 0 Å². The molecule has 2 aliphatic rings. The van der Waals surface area contributed by atoms with Crippen LogP contribution in [0.5, 0.6) is 0 Å². The molecule has 1 saturated carbocycles. The number of nitrogens with two attached hydrogens (primary N) is 1. The average molecular weight is 261 g/mol. The van der Waals surface area contributed by atoms with Gasteiger partial charge >= 0.3 is 0 Å². The third kappa shape index (κ3) is 2.15. The van der Waals surface area contributed by atoms with Crippen molar-refractivity contribution in [1.82, 2.24) is 4.90 Å². The van der Waals surface area contributed by atoms with Gasteiger partial charge in [-0.25, -0.2) is 0 Å². The van der Waals surface area contributed by atoms with Crippen LogP contribution in [0.25, 0.3) is 0 Å². The molecule has 1 spiro atoms. The second kappa shape index (κ2) is 4.50. The molecule has 14 heavy (non-hydrogen) atoms. The number of likely N-dealkylation sites (tertiary alicyclic amines) is 1. The zero-order valence-electron chi connectivity index (χ0n) is 8.84. The molecule has 2 unspecified atom stereocenters. The Morgan fingerprint density at radius 2 is 2.29 bits per heavy atom. The quantitative estimate of drug-likeness (QED) is 0.785. The molecule has 2 nitrogen and oxygen atoms in total. The highest BCUT2D eigenvalue weighted by Crippen LogP contribution is 2.48. The van der Waals surface area contributed by atoms with Crippen molar-refractivity contribution in [2.75, 3.05) is 31.5 Å². The van der Waals surface area contributed by atoms with Crippen molar-refractivity contribution >= 4 is 15.9 Å². The van der Waals surface area contributed by atoms with Gasteiger partial charge in [-0.05, 0) is 43.6 Å². The Morgan fingerprint density at radius 1 is 1.43 bits per heavy atom. The van der Waals surface area contributed by atoms with E-state index in [0.29, 0.717) is 5.41 Å². The lowest BCUT2D eigenvalue weighted by Gasteiger charge is -2.24. The van der Waals surface area contributed by atoms with Crippen LogP contribution in [-0.2, 0) is 0 Å². The number of halogens is 1. The van der Waals surface area contributed by atoms with E-state index in [-0.39, 0.29) is 0 Å². The molecule has 2 fully saturated rings. The molecular weight excluding hydrogens is 240 g/mol. The number of hydrogen-bond donors (Lipinski definition) is 1. The summed E-state index contributed by atoms with van der Waals surface area (Å²) >= 11 is 3.62. The standard InChI is InChI=1S/C11H21BrN2/c12-8-10-1-2-11(7-10)3-5-14(9-11)6-4-13/h10H,1-9,13H2. The van der Waals surface area contributed by atoms with Crippen LogP contribution in [0.4, 0.5) is 0 Å². The predicted octanol–water partition coefficient (Wildman–Crippen LogP) is 1.83. The largest absolute Gasteiger partial charge is 0.329 e. The summed E-state index contributed by atoms with van der Waals surface area (Å²) in [6.07, 6.45) is 5.74. The van der Waals surface area contributed by atoms with Crippen LogP contribution in [0.2, 0.25) is 0 Å². The molecule has 0 aromatic heterocycles. The van der Waals surface area contributed by atoms with Crippen molar-refractivity contribution in [3.63, 3.8) is 0 Å². The highest BCUT2D eigenvalue weighted by atomic mass is 79.9. The molecule has 82 valence electrons. The fraction of sp³-hybridized carbons (Fsp3) is 1.00. The predicted molar refractivity (Wildman–Crippen MR) is 63.7 cm³/mol. The lowest BCUT2D eigenvalue weighted by atomic mass is 9.85. The van der Waals surface area contributed by atoms with Crippen LogP contribution < -0.4 is 5.73 Å². The first-order valence-corrected chi connectivity index (χ1v) is 6.88. The van der Waals surface area contributed by atoms with E-state index in [1.54, 1.807) is 0 Å². The van der Waals surface area contributed by atoms with Gasteiger partial charge in [0.1, 0.15) is 0 Å². The third-order valence-corrected chi connectivity index (χ3v) is 4.90. The van der Waals surface area contributed by atoms with E-state index in [1.807, 2.05) is 0 Å². The zero-order valence-corrected chi connectivity index (χ0v) is 10.4. The van der Waals surface area contributed by atoms with Crippen molar-refractivity contribution in [3.8, 4) is 0 Å². The second-order valence-electron chi connectivity index (χ2n) is 5.08. The van der Waals surface area contributed by atoms with Gasteiger partial charge in [-0.3, -0.25) is 0 Å². The third-order valence-electron chi connectivity index (χ3n) is 3.99. The number of rotatable bonds is 3. The summed E-state index contributed by atoms with van der Waals surface area (Å²) in [5.74, 6) is 0.938. The molecule has 2 N–H and O–H groups in total. The van der Waals surface area contributed by atoms with Crippen molar-refractivity contribution in [1.29, 1.82) is 0 Å². The summed E-state index contributed by atoms with van der Waals surface area (Å²) in [5.41, 5.74) is 6.27. The molecular formula is C11H21BrN2. The van der Waals surface area contributed by atoms with Crippen LogP contribution in [0, 0.1) is 11.3 Å². The highest BCUT2D eigenvalue weighted by molar-refractivity contribution is 9.09. The molecule has 0 aromatic rings. The Balaban J connectivity index is 1.87. The maximum atomic E-state index is 5.60. The average Bonchev–Trinajstić information content (AvgIpc) is 2.76. The maximum absolute atomic E-state index is 5.60. The van der Waals surface area contributed by atoms with Crippen LogP contribution >= 0.6 is 15.9 Å². The normalized spacial score (nSPS) is 38.6. The summed E-state index contributed by atoms with van der Waals surface area (Å²) in [7, 11) is 0. The molecule has 0 radical (unpaired) electrons. The van der Waals surface area contributed by atoms with E-state index in [4.69, 9.17) is 5.73 Å². The van der Waals surface area contributed by atoms with Crippen LogP contribution in [0.1, 0.15) is 25.7 Å². The Bertz CT molecular complexity index is 198. The van der Waals surface area contributed by atoms with E-state index < -0.39 is 0 Å². The summed E-state index contributed by atoms with van der Waals surface area (Å²) < 4.78 is 0. The highest BCUT2D eigenvalue weighted by Gasteiger charge is 2.43. The first kappa shape index (κ1) is 10.9. The van der Waals surface area contributed by atoms with Gasteiger partial charge in [-0.15, -0.1) is 0 Å². The zero-order chi connectivity index (χ0) is 10.0. The Hall–Kier alpha value is 0.400. The van der Waals surface area contributed by atoms with Crippen molar-refractivity contribution in [2.24, 2.45) is 17.1 Å². The molecule has 0 amide bonds. The van der Waals surface area contributed by atoms with Gasteiger partial charge in [-0.1, -0.05) is 15.9 Å². The first-order valence-electron chi connectivity index (χ1n) is 5.76. The molecule has 2 rings (SSSR count). The molecule has 1 aliphatic carbocycles. The minimum absolute atomic E-state index is 0.674. The summed E-state index contributed by atoms with van der Waals surface area (Å²) in [6.45, 7) is 4.51. The lowest BCUT2D eigenvalue weighted by Crippen LogP contribution is -2.30. The molecule has 0 bridgehead atoms. The van der Waals surface area contributed by atoms with Gasteiger partial charge in [-0.2, -0.15) is 0 Å². The van der Waals surface area contributed by atoms with E-state index in [1.165, 1.54) is 44.1 Å². The van der Waals surface area contributed by atoms with Gasteiger partial charge in [0, 0.05) is 25.0 Å². The number of alkyl halides is 1. The molecule has 2 atom stereocenters. The molecule has 1 saturated heterocycles. The van der Waals surface area contributed by atoms with Crippen molar-refractivity contribution < 1.29 is 0 Å². The van der Waals surface area contributed by atoms with Gasteiger partial charge < -0.3 is 10.6 Å². The van der Waals surface area contributed by atoms with Crippen molar-refractivity contribution in [2.45, 2.75) is 25.7 Å². The van der Waals surface area contributed by atoms with Gasteiger partial charge in [0.2, 0.25) is 0 Å². The first-order chi connectivity index (χ1) is 6.78. The van der Waals surface area contributed by atoms with E-state index in [0.717, 1.165) is 19.0 Å². The summed E-state index contributed by atoms with van der Waals surface area (Å²) in [6, 6.07) is 0. The van der Waals surface area contributed by atoms with Crippen molar-refractivity contribution in [3.05, 3.63) is 0 Å². The second-order valence-corrected chi connectivity index (χ2v) is 5.73.